The molecule has 0 aliphatic carbocycles. The molecule has 2 aromatic heterocycles. The van der Waals surface area contributed by atoms with Gasteiger partial charge in [-0.3, -0.25) is 9.71 Å². The predicted octanol–water partition coefficient (Wildman–Crippen LogP) is 2.81. The van der Waals surface area contributed by atoms with Crippen LogP contribution in [0.3, 0.4) is 0 Å². The van der Waals surface area contributed by atoms with Gasteiger partial charge in [0.2, 0.25) is 5.82 Å². The molecular formula is C18H18N4O3S. The first-order valence-corrected chi connectivity index (χ1v) is 9.52. The summed E-state index contributed by atoms with van der Waals surface area (Å²) in [5.41, 5.74) is 1.75. The lowest BCUT2D eigenvalue weighted by Gasteiger charge is -2.11. The Balaban J connectivity index is 1.78. The van der Waals surface area contributed by atoms with Gasteiger partial charge in [-0.15, -0.1) is 0 Å². The molecule has 2 heterocycles. The summed E-state index contributed by atoms with van der Waals surface area (Å²) in [6.07, 6.45) is 5.32. The van der Waals surface area contributed by atoms with Crippen LogP contribution in [-0.2, 0) is 23.1 Å². The molecule has 3 aromatic rings. The van der Waals surface area contributed by atoms with Crippen LogP contribution in [0, 0.1) is 0 Å². The number of hydrogen-bond donors (Lipinski definition) is 1. The van der Waals surface area contributed by atoms with Crippen LogP contribution in [-0.4, -0.2) is 23.4 Å². The summed E-state index contributed by atoms with van der Waals surface area (Å²) in [6.45, 7) is 2.16. The van der Waals surface area contributed by atoms with Gasteiger partial charge in [-0.2, -0.15) is 0 Å². The summed E-state index contributed by atoms with van der Waals surface area (Å²) >= 11 is 0. The third kappa shape index (κ3) is 4.34. The van der Waals surface area contributed by atoms with Crippen molar-refractivity contribution in [3.63, 3.8) is 0 Å². The third-order valence-electron chi connectivity index (χ3n) is 3.62. The second-order valence-electron chi connectivity index (χ2n) is 5.42. The molecule has 0 unspecified atom stereocenters. The second-order valence-corrected chi connectivity index (χ2v) is 7.11. The zero-order valence-corrected chi connectivity index (χ0v) is 15.0. The Morgan fingerprint density at radius 1 is 0.962 bits per heavy atom. The molecule has 0 aliphatic rings. The zero-order chi connectivity index (χ0) is 18.4. The number of anilines is 1. The molecule has 0 saturated carbocycles. The van der Waals surface area contributed by atoms with Crippen molar-refractivity contribution < 1.29 is 13.2 Å². The van der Waals surface area contributed by atoms with E-state index < -0.39 is 10.0 Å². The lowest BCUT2D eigenvalue weighted by molar-refractivity contribution is 0.290. The average Bonchev–Trinajstić information content (AvgIpc) is 2.68. The first kappa shape index (κ1) is 17.8. The second kappa shape index (κ2) is 7.92. The number of hydrogen-bond acceptors (Lipinski definition) is 6. The van der Waals surface area contributed by atoms with Gasteiger partial charge in [0.1, 0.15) is 6.61 Å². The van der Waals surface area contributed by atoms with Crippen molar-refractivity contribution in [1.29, 1.82) is 0 Å². The Kier molecular flexibility index (Phi) is 5.43. The molecule has 0 spiro atoms. The molecule has 0 aliphatic heterocycles. The number of rotatable bonds is 7. The van der Waals surface area contributed by atoms with Crippen LogP contribution in [0.4, 0.5) is 5.82 Å². The van der Waals surface area contributed by atoms with Gasteiger partial charge in [0, 0.05) is 18.6 Å². The van der Waals surface area contributed by atoms with Crippen LogP contribution >= 0.6 is 0 Å². The van der Waals surface area contributed by atoms with Crippen LogP contribution < -0.4 is 9.46 Å². The maximum Gasteiger partial charge on any atom is 0.263 e. The van der Waals surface area contributed by atoms with Crippen molar-refractivity contribution in [3.05, 3.63) is 72.3 Å². The number of aromatic nitrogens is 3. The molecule has 0 saturated heterocycles. The number of nitrogens with one attached hydrogen (secondary N) is 1. The molecule has 0 bridgehead atoms. The fourth-order valence-electron chi connectivity index (χ4n) is 2.22. The molecule has 3 rings (SSSR count). The predicted molar refractivity (Wildman–Crippen MR) is 97.2 cm³/mol. The monoisotopic (exact) mass is 370 g/mol. The lowest BCUT2D eigenvalue weighted by atomic mass is 10.2. The highest BCUT2D eigenvalue weighted by Gasteiger charge is 2.18. The molecule has 26 heavy (non-hydrogen) atoms. The van der Waals surface area contributed by atoms with E-state index in [1.54, 1.807) is 42.6 Å². The Morgan fingerprint density at radius 3 is 2.42 bits per heavy atom. The largest absolute Gasteiger partial charge is 0.469 e. The van der Waals surface area contributed by atoms with Crippen LogP contribution in [0.2, 0.25) is 0 Å². The number of benzene rings is 1. The van der Waals surface area contributed by atoms with Crippen LogP contribution in [0.25, 0.3) is 0 Å². The fraction of sp³-hybridized carbons (Fsp3) is 0.167. The van der Waals surface area contributed by atoms with Crippen LogP contribution in [0.5, 0.6) is 5.88 Å². The minimum atomic E-state index is -3.79. The highest BCUT2D eigenvalue weighted by Crippen LogP contribution is 2.22. The highest BCUT2D eigenvalue weighted by atomic mass is 32.2. The smallest absolute Gasteiger partial charge is 0.263 e. The standard InChI is InChI=1S/C18H18N4O3S/c1-2-14-6-8-16(9-7-14)26(23,24)22-17-18(21-12-11-20-17)25-13-15-5-3-4-10-19-15/h3-12H,2,13H2,1H3,(H,20,22). The number of ether oxygens (including phenoxy) is 1. The molecule has 0 atom stereocenters. The first-order chi connectivity index (χ1) is 12.6. The fourth-order valence-corrected chi connectivity index (χ4v) is 3.22. The van der Waals surface area contributed by atoms with E-state index in [1.807, 2.05) is 13.0 Å². The minimum absolute atomic E-state index is 0.0306. The lowest BCUT2D eigenvalue weighted by Crippen LogP contribution is -2.15. The average molecular weight is 370 g/mol. The quantitative estimate of drug-likeness (QED) is 0.687. The van der Waals surface area contributed by atoms with Gasteiger partial charge in [0.15, 0.2) is 0 Å². The van der Waals surface area contributed by atoms with E-state index in [4.69, 9.17) is 4.74 Å². The van der Waals surface area contributed by atoms with Crippen molar-refractivity contribution >= 4 is 15.8 Å². The number of nitrogens with zero attached hydrogens (tertiary/aromatic N) is 3. The van der Waals surface area contributed by atoms with E-state index >= 15 is 0 Å². The van der Waals surface area contributed by atoms with Crippen LogP contribution in [0.1, 0.15) is 18.2 Å². The first-order valence-electron chi connectivity index (χ1n) is 8.04. The van der Waals surface area contributed by atoms with E-state index in [1.165, 1.54) is 12.4 Å². The molecule has 134 valence electrons. The van der Waals surface area contributed by atoms with E-state index in [0.29, 0.717) is 5.69 Å². The maximum absolute atomic E-state index is 12.6. The highest BCUT2D eigenvalue weighted by molar-refractivity contribution is 7.92. The van der Waals surface area contributed by atoms with E-state index in [0.717, 1.165) is 12.0 Å². The number of pyridine rings is 1. The van der Waals surface area contributed by atoms with Gasteiger partial charge in [-0.1, -0.05) is 25.1 Å². The van der Waals surface area contributed by atoms with Crippen molar-refractivity contribution in [2.24, 2.45) is 0 Å². The molecule has 1 aromatic carbocycles. The van der Waals surface area contributed by atoms with Crippen molar-refractivity contribution in [2.45, 2.75) is 24.8 Å². The Bertz CT molecular complexity index is 961. The summed E-state index contributed by atoms with van der Waals surface area (Å²) in [6, 6.07) is 12.1. The number of aryl methyl sites for hydroxylation is 1. The summed E-state index contributed by atoms with van der Waals surface area (Å²) < 4.78 is 33.2. The number of sulfonamides is 1. The molecule has 8 heteroatoms. The normalized spacial score (nSPS) is 11.1. The Morgan fingerprint density at radius 2 is 1.73 bits per heavy atom. The van der Waals surface area contributed by atoms with Crippen molar-refractivity contribution in [1.82, 2.24) is 15.0 Å². The van der Waals surface area contributed by atoms with Gasteiger partial charge in [-0.05, 0) is 36.2 Å². The van der Waals surface area contributed by atoms with E-state index in [2.05, 4.69) is 19.7 Å². The summed E-state index contributed by atoms with van der Waals surface area (Å²) in [7, 11) is -3.79. The molecule has 0 amide bonds. The van der Waals surface area contributed by atoms with E-state index in [9.17, 15) is 8.42 Å². The van der Waals surface area contributed by atoms with Crippen molar-refractivity contribution in [2.75, 3.05) is 4.72 Å². The van der Waals surface area contributed by atoms with Crippen LogP contribution in [0.15, 0.2) is 66.0 Å². The SMILES string of the molecule is CCc1ccc(S(=O)(=O)Nc2nccnc2OCc2ccccn2)cc1. The topological polar surface area (TPSA) is 94.1 Å². The zero-order valence-electron chi connectivity index (χ0n) is 14.2. The van der Waals surface area contributed by atoms with Gasteiger partial charge in [0.05, 0.1) is 10.6 Å². The van der Waals surface area contributed by atoms with Crippen molar-refractivity contribution in [3.8, 4) is 5.88 Å². The Hall–Kier alpha value is -3.00. The van der Waals surface area contributed by atoms with E-state index in [-0.39, 0.29) is 23.2 Å². The van der Waals surface area contributed by atoms with Gasteiger partial charge in [0.25, 0.3) is 15.9 Å². The summed E-state index contributed by atoms with van der Waals surface area (Å²) in [4.78, 5) is 12.4. The maximum atomic E-state index is 12.6. The van der Waals surface area contributed by atoms with Gasteiger partial charge in [-0.25, -0.2) is 18.4 Å². The minimum Gasteiger partial charge on any atom is -0.469 e. The summed E-state index contributed by atoms with van der Waals surface area (Å²) in [5.74, 6) is 0.120. The molecule has 1 N–H and O–H groups in total. The third-order valence-corrected chi connectivity index (χ3v) is 4.98. The molecular weight excluding hydrogens is 352 g/mol. The molecule has 0 radical (unpaired) electrons. The van der Waals surface area contributed by atoms with Gasteiger partial charge >= 0.3 is 0 Å². The molecule has 7 nitrogen and oxygen atoms in total. The molecule has 0 fully saturated rings. The summed E-state index contributed by atoms with van der Waals surface area (Å²) in [5, 5.41) is 0. The Labute approximate surface area is 152 Å². The van der Waals surface area contributed by atoms with Gasteiger partial charge < -0.3 is 4.74 Å².